The maximum atomic E-state index is 14.0. The van der Waals surface area contributed by atoms with Gasteiger partial charge in [-0.3, -0.25) is 4.79 Å². The zero-order chi connectivity index (χ0) is 33.0. The van der Waals surface area contributed by atoms with Gasteiger partial charge in [0.15, 0.2) is 17.3 Å². The van der Waals surface area contributed by atoms with Crippen molar-refractivity contribution in [2.24, 2.45) is 5.10 Å². The largest absolute Gasteiger partial charge is 0.494 e. The SMILES string of the molecule is CCOc1cc(C)c(-c2nc3ccccc3c(=O)n2N=Cc2cc(OCC)c(OCc3ccccc3Cl)c(Br)c2Br)cc1C(C)C. The molecule has 4 aromatic carbocycles. The van der Waals surface area contributed by atoms with Crippen molar-refractivity contribution in [2.75, 3.05) is 13.2 Å². The molecule has 7 nitrogen and oxygen atoms in total. The average molecular weight is 768 g/mol. The van der Waals surface area contributed by atoms with E-state index in [-0.39, 0.29) is 18.1 Å². The van der Waals surface area contributed by atoms with Crippen molar-refractivity contribution in [2.45, 2.75) is 47.1 Å². The first-order valence-electron chi connectivity index (χ1n) is 15.0. The Hall–Kier alpha value is -3.66. The summed E-state index contributed by atoms with van der Waals surface area (Å²) in [7, 11) is 0. The molecule has 5 rings (SSSR count). The Balaban J connectivity index is 1.64. The van der Waals surface area contributed by atoms with Gasteiger partial charge in [-0.2, -0.15) is 9.78 Å². The van der Waals surface area contributed by atoms with Crippen LogP contribution in [-0.2, 0) is 6.61 Å². The number of ether oxygens (including phenoxy) is 3. The van der Waals surface area contributed by atoms with E-state index >= 15 is 0 Å². The Morgan fingerprint density at radius 1 is 0.935 bits per heavy atom. The number of nitrogens with zero attached hydrogens (tertiary/aromatic N) is 3. The van der Waals surface area contributed by atoms with Crippen molar-refractivity contribution in [3.8, 4) is 28.6 Å². The second kappa shape index (κ2) is 14.8. The van der Waals surface area contributed by atoms with Gasteiger partial charge in [-0.1, -0.05) is 55.8 Å². The smallest absolute Gasteiger partial charge is 0.282 e. The molecule has 0 aliphatic rings. The summed E-state index contributed by atoms with van der Waals surface area (Å²) >= 11 is 13.7. The minimum atomic E-state index is -0.281. The second-order valence-corrected chi connectivity index (χ2v) is 12.8. The fraction of sp³-hybridized carbons (Fsp3) is 0.250. The number of rotatable bonds is 11. The van der Waals surface area contributed by atoms with Crippen LogP contribution in [0.4, 0.5) is 0 Å². The van der Waals surface area contributed by atoms with Crippen molar-refractivity contribution in [3.63, 3.8) is 0 Å². The lowest BCUT2D eigenvalue weighted by molar-refractivity contribution is 0.267. The summed E-state index contributed by atoms with van der Waals surface area (Å²) in [5.74, 6) is 2.48. The van der Waals surface area contributed by atoms with E-state index in [1.54, 1.807) is 12.3 Å². The summed E-state index contributed by atoms with van der Waals surface area (Å²) in [6.45, 7) is 11.3. The van der Waals surface area contributed by atoms with Crippen LogP contribution in [0.5, 0.6) is 17.2 Å². The van der Waals surface area contributed by atoms with E-state index in [1.165, 1.54) is 4.68 Å². The number of hydrogen-bond donors (Lipinski definition) is 0. The fourth-order valence-corrected chi connectivity index (χ4v) is 6.18. The van der Waals surface area contributed by atoms with E-state index in [2.05, 4.69) is 51.8 Å². The van der Waals surface area contributed by atoms with Gasteiger partial charge in [0.2, 0.25) is 0 Å². The first-order valence-corrected chi connectivity index (χ1v) is 17.0. The van der Waals surface area contributed by atoms with Crippen molar-refractivity contribution in [1.29, 1.82) is 0 Å². The molecule has 0 radical (unpaired) electrons. The zero-order valence-corrected chi connectivity index (χ0v) is 30.2. The Morgan fingerprint density at radius 3 is 2.35 bits per heavy atom. The topological polar surface area (TPSA) is 74.9 Å². The number of aromatic nitrogens is 2. The average Bonchev–Trinajstić information content (AvgIpc) is 3.03. The summed E-state index contributed by atoms with van der Waals surface area (Å²) in [6, 6.07) is 20.7. The maximum absolute atomic E-state index is 14.0. The monoisotopic (exact) mass is 765 g/mol. The van der Waals surface area contributed by atoms with E-state index < -0.39 is 0 Å². The molecule has 0 amide bonds. The lowest BCUT2D eigenvalue weighted by atomic mass is 9.96. The minimum absolute atomic E-state index is 0.189. The van der Waals surface area contributed by atoms with Gasteiger partial charge in [-0.15, -0.1) is 0 Å². The predicted molar refractivity (Wildman–Crippen MR) is 193 cm³/mol. The summed E-state index contributed by atoms with van der Waals surface area (Å²) in [5, 5.41) is 5.82. The fourth-order valence-electron chi connectivity index (χ4n) is 5.06. The summed E-state index contributed by atoms with van der Waals surface area (Å²) < 4.78 is 20.8. The predicted octanol–water partition coefficient (Wildman–Crippen LogP) is 9.93. The molecular formula is C36H34Br2ClN3O4. The molecule has 0 saturated carbocycles. The third-order valence-corrected chi connectivity index (χ3v) is 9.88. The standard InChI is InChI=1S/C36H34Br2ClN3O4/c1-6-44-30-16-22(5)27(18-26(30)21(3)4)35-41-29-15-11-9-13-25(29)36(43)42(35)40-19-24-17-31(45-7-2)34(33(38)32(24)37)46-20-23-12-8-10-14-28(23)39/h8-19,21H,6-7,20H2,1-5H3. The molecule has 10 heteroatoms. The van der Waals surface area contributed by atoms with Crippen molar-refractivity contribution in [3.05, 3.63) is 113 Å². The third kappa shape index (κ3) is 7.01. The summed E-state index contributed by atoms with van der Waals surface area (Å²) in [5.41, 5.74) is 4.57. The van der Waals surface area contributed by atoms with E-state index in [0.29, 0.717) is 61.0 Å². The van der Waals surface area contributed by atoms with Crippen molar-refractivity contribution < 1.29 is 14.2 Å². The van der Waals surface area contributed by atoms with Crippen LogP contribution in [0.1, 0.15) is 55.9 Å². The van der Waals surface area contributed by atoms with Crippen LogP contribution in [0.3, 0.4) is 0 Å². The van der Waals surface area contributed by atoms with Crippen LogP contribution in [-0.4, -0.2) is 29.1 Å². The molecule has 0 fully saturated rings. The highest BCUT2D eigenvalue weighted by Crippen LogP contribution is 2.43. The highest BCUT2D eigenvalue weighted by Gasteiger charge is 2.20. The van der Waals surface area contributed by atoms with E-state index in [1.807, 2.05) is 75.4 Å². The number of para-hydroxylation sites is 1. The quantitative estimate of drug-likeness (QED) is 0.125. The molecule has 0 unspecified atom stereocenters. The molecule has 0 N–H and O–H groups in total. The molecule has 0 aliphatic heterocycles. The molecule has 1 aromatic heterocycles. The van der Waals surface area contributed by atoms with Gasteiger partial charge in [-0.25, -0.2) is 4.98 Å². The zero-order valence-electron chi connectivity index (χ0n) is 26.2. The maximum Gasteiger partial charge on any atom is 0.282 e. The van der Waals surface area contributed by atoms with Crippen LogP contribution < -0.4 is 19.8 Å². The lowest BCUT2D eigenvalue weighted by Gasteiger charge is -2.18. The van der Waals surface area contributed by atoms with Gasteiger partial charge in [0.05, 0.1) is 34.8 Å². The highest BCUT2D eigenvalue weighted by molar-refractivity contribution is 9.13. The molecule has 5 aromatic rings. The van der Waals surface area contributed by atoms with Crippen LogP contribution in [0.2, 0.25) is 5.02 Å². The van der Waals surface area contributed by atoms with Gasteiger partial charge in [0.1, 0.15) is 12.4 Å². The molecule has 0 spiro atoms. The van der Waals surface area contributed by atoms with Crippen LogP contribution in [0, 0.1) is 6.92 Å². The van der Waals surface area contributed by atoms with Crippen LogP contribution in [0.25, 0.3) is 22.3 Å². The normalized spacial score (nSPS) is 11.5. The molecule has 0 saturated heterocycles. The molecular weight excluding hydrogens is 734 g/mol. The molecule has 1 heterocycles. The lowest BCUT2D eigenvalue weighted by Crippen LogP contribution is -2.21. The second-order valence-electron chi connectivity index (χ2n) is 10.8. The van der Waals surface area contributed by atoms with Gasteiger partial charge < -0.3 is 14.2 Å². The number of halogens is 3. The first kappa shape index (κ1) is 33.7. The Morgan fingerprint density at radius 2 is 1.63 bits per heavy atom. The number of hydrogen-bond acceptors (Lipinski definition) is 6. The Kier molecular flexibility index (Phi) is 10.9. The minimum Gasteiger partial charge on any atom is -0.494 e. The van der Waals surface area contributed by atoms with E-state index in [4.69, 9.17) is 35.9 Å². The number of aryl methyl sites for hydroxylation is 1. The van der Waals surface area contributed by atoms with Crippen LogP contribution in [0.15, 0.2) is 85.6 Å². The Labute approximate surface area is 290 Å². The van der Waals surface area contributed by atoms with Crippen molar-refractivity contribution >= 4 is 60.6 Å². The van der Waals surface area contributed by atoms with Gasteiger partial charge in [-0.05, 0) is 106 Å². The Bertz CT molecular complexity index is 1990. The van der Waals surface area contributed by atoms with Crippen LogP contribution >= 0.6 is 43.5 Å². The van der Waals surface area contributed by atoms with Gasteiger partial charge >= 0.3 is 0 Å². The van der Waals surface area contributed by atoms with E-state index in [0.717, 1.165) is 28.0 Å². The molecule has 0 atom stereocenters. The molecule has 0 bridgehead atoms. The molecule has 46 heavy (non-hydrogen) atoms. The highest BCUT2D eigenvalue weighted by atomic mass is 79.9. The molecule has 0 aliphatic carbocycles. The number of fused-ring (bicyclic) bond motifs is 1. The van der Waals surface area contributed by atoms with E-state index in [9.17, 15) is 4.79 Å². The number of benzene rings is 4. The molecule has 238 valence electrons. The summed E-state index contributed by atoms with van der Waals surface area (Å²) in [4.78, 5) is 18.9. The first-order chi connectivity index (χ1) is 22.1. The summed E-state index contributed by atoms with van der Waals surface area (Å²) in [6.07, 6.45) is 1.61. The van der Waals surface area contributed by atoms with Gasteiger partial charge in [0, 0.05) is 26.2 Å². The third-order valence-electron chi connectivity index (χ3n) is 7.37. The van der Waals surface area contributed by atoms with Gasteiger partial charge in [0.25, 0.3) is 5.56 Å². The van der Waals surface area contributed by atoms with Crippen molar-refractivity contribution in [1.82, 2.24) is 9.66 Å².